The van der Waals surface area contributed by atoms with Crippen LogP contribution in [0.1, 0.15) is 31.2 Å². The van der Waals surface area contributed by atoms with E-state index in [0.717, 1.165) is 34.6 Å². The molecular formula is C33H32N2O7. The lowest BCUT2D eigenvalue weighted by Gasteiger charge is -2.15. The standard InChI is InChI=1S/C33H32N2O7/c36-26-13-10-22(11-14-26)17-28(33(38)39)34-31(37)9-5-2-6-16-40-32-20-25(18-27(35-32)23-7-3-1-4-8-23)24-12-15-29-30(19-24)42-21-41-29/h1,3-4,7-8,10-15,18-20,28,36H,2,5-6,9,16-17,21H2,(H,34,37)(H,38,39). The van der Waals surface area contributed by atoms with E-state index in [-0.39, 0.29) is 31.3 Å². The van der Waals surface area contributed by atoms with Crippen LogP contribution in [0.15, 0.2) is 84.9 Å². The fraction of sp³-hybridized carbons (Fsp3) is 0.242. The van der Waals surface area contributed by atoms with E-state index in [2.05, 4.69) is 5.32 Å². The number of unbranched alkanes of at least 4 members (excludes halogenated alkanes) is 2. The maximum absolute atomic E-state index is 12.4. The molecule has 0 radical (unpaired) electrons. The van der Waals surface area contributed by atoms with Gasteiger partial charge >= 0.3 is 5.97 Å². The molecule has 42 heavy (non-hydrogen) atoms. The molecular weight excluding hydrogens is 536 g/mol. The number of rotatable bonds is 13. The predicted molar refractivity (Wildman–Crippen MR) is 157 cm³/mol. The van der Waals surface area contributed by atoms with Crippen LogP contribution in [0.4, 0.5) is 0 Å². The van der Waals surface area contributed by atoms with Gasteiger partial charge in [-0.25, -0.2) is 9.78 Å². The minimum atomic E-state index is -1.10. The van der Waals surface area contributed by atoms with E-state index in [4.69, 9.17) is 19.2 Å². The summed E-state index contributed by atoms with van der Waals surface area (Å²) >= 11 is 0. The number of benzene rings is 3. The Labute approximate surface area is 243 Å². The third kappa shape index (κ3) is 7.57. The second-order valence-corrected chi connectivity index (χ2v) is 10.0. The fourth-order valence-corrected chi connectivity index (χ4v) is 4.65. The molecule has 0 saturated heterocycles. The molecule has 0 aliphatic carbocycles. The van der Waals surface area contributed by atoms with Gasteiger partial charge in [-0.05, 0) is 66.3 Å². The summed E-state index contributed by atoms with van der Waals surface area (Å²) in [6.07, 6.45) is 2.39. The van der Waals surface area contributed by atoms with Gasteiger partial charge in [0.15, 0.2) is 11.5 Å². The summed E-state index contributed by atoms with van der Waals surface area (Å²) in [4.78, 5) is 28.8. The molecule has 1 amide bonds. The Morgan fingerprint density at radius 2 is 1.64 bits per heavy atom. The topological polar surface area (TPSA) is 127 Å². The highest BCUT2D eigenvalue weighted by atomic mass is 16.7. The second-order valence-electron chi connectivity index (χ2n) is 10.0. The highest BCUT2D eigenvalue weighted by Gasteiger charge is 2.20. The van der Waals surface area contributed by atoms with E-state index in [0.29, 0.717) is 36.6 Å². The highest BCUT2D eigenvalue weighted by molar-refractivity contribution is 5.83. The Hall–Kier alpha value is -5.05. The number of carbonyl (C=O) groups excluding carboxylic acids is 1. The number of ether oxygens (including phenoxy) is 3. The summed E-state index contributed by atoms with van der Waals surface area (Å²) in [6.45, 7) is 0.631. The first-order chi connectivity index (χ1) is 20.4. The Balaban J connectivity index is 1.14. The predicted octanol–water partition coefficient (Wildman–Crippen LogP) is 5.60. The number of fused-ring (bicyclic) bond motifs is 1. The van der Waals surface area contributed by atoms with Crippen molar-refractivity contribution in [3.8, 4) is 45.5 Å². The smallest absolute Gasteiger partial charge is 0.326 e. The molecule has 216 valence electrons. The summed E-state index contributed by atoms with van der Waals surface area (Å²) in [5, 5.41) is 21.5. The molecule has 0 bridgehead atoms. The number of pyridine rings is 1. The molecule has 4 aromatic rings. The lowest BCUT2D eigenvalue weighted by molar-refractivity contribution is -0.141. The van der Waals surface area contributed by atoms with Gasteiger partial charge in [0.25, 0.3) is 0 Å². The number of hydrogen-bond acceptors (Lipinski definition) is 7. The van der Waals surface area contributed by atoms with Crippen LogP contribution in [0, 0.1) is 0 Å². The van der Waals surface area contributed by atoms with Crippen molar-refractivity contribution in [1.82, 2.24) is 10.3 Å². The number of nitrogens with zero attached hydrogens (tertiary/aromatic N) is 1. The van der Waals surface area contributed by atoms with Gasteiger partial charge in [-0.2, -0.15) is 0 Å². The molecule has 3 N–H and O–H groups in total. The largest absolute Gasteiger partial charge is 0.508 e. The van der Waals surface area contributed by atoms with E-state index in [1.165, 1.54) is 12.1 Å². The van der Waals surface area contributed by atoms with Gasteiger partial charge in [-0.1, -0.05) is 48.5 Å². The number of aliphatic carboxylic acids is 1. The van der Waals surface area contributed by atoms with E-state index in [1.807, 2.05) is 60.7 Å². The normalized spacial score (nSPS) is 12.5. The van der Waals surface area contributed by atoms with Crippen LogP contribution in [-0.4, -0.2) is 46.5 Å². The first-order valence-corrected chi connectivity index (χ1v) is 13.8. The molecule has 5 rings (SSSR count). The van der Waals surface area contributed by atoms with E-state index in [9.17, 15) is 19.8 Å². The molecule has 1 atom stereocenters. The number of phenolic OH excluding ortho intramolecular Hbond substituents is 1. The van der Waals surface area contributed by atoms with Crippen LogP contribution >= 0.6 is 0 Å². The van der Waals surface area contributed by atoms with E-state index in [1.54, 1.807) is 12.1 Å². The van der Waals surface area contributed by atoms with Crippen molar-refractivity contribution >= 4 is 11.9 Å². The summed E-state index contributed by atoms with van der Waals surface area (Å²) in [7, 11) is 0. The zero-order valence-electron chi connectivity index (χ0n) is 23.0. The number of aromatic hydroxyl groups is 1. The van der Waals surface area contributed by atoms with Gasteiger partial charge in [0.1, 0.15) is 11.8 Å². The van der Waals surface area contributed by atoms with Crippen LogP contribution < -0.4 is 19.5 Å². The number of amides is 1. The average Bonchev–Trinajstić information content (AvgIpc) is 3.48. The molecule has 1 aromatic heterocycles. The molecule has 1 aliphatic rings. The van der Waals surface area contributed by atoms with Crippen molar-refractivity contribution < 1.29 is 34.0 Å². The quantitative estimate of drug-likeness (QED) is 0.178. The lowest BCUT2D eigenvalue weighted by atomic mass is 10.0. The first kappa shape index (κ1) is 28.5. The monoisotopic (exact) mass is 568 g/mol. The maximum atomic E-state index is 12.4. The molecule has 2 heterocycles. The van der Waals surface area contributed by atoms with Gasteiger partial charge in [0.05, 0.1) is 12.3 Å². The van der Waals surface area contributed by atoms with Crippen molar-refractivity contribution in [3.63, 3.8) is 0 Å². The zero-order chi connectivity index (χ0) is 29.3. The molecule has 9 heteroatoms. The number of aromatic nitrogens is 1. The summed E-state index contributed by atoms with van der Waals surface area (Å²) in [5.74, 6) is 0.607. The van der Waals surface area contributed by atoms with Crippen molar-refractivity contribution in [2.24, 2.45) is 0 Å². The summed E-state index contributed by atoms with van der Waals surface area (Å²) in [5.41, 5.74) is 4.37. The number of carboxylic acid groups (broad SMARTS) is 1. The Morgan fingerprint density at radius 1 is 0.857 bits per heavy atom. The van der Waals surface area contributed by atoms with Crippen molar-refractivity contribution in [2.45, 2.75) is 38.1 Å². The molecule has 1 unspecified atom stereocenters. The molecule has 0 saturated carbocycles. The lowest BCUT2D eigenvalue weighted by Crippen LogP contribution is -2.42. The molecule has 9 nitrogen and oxygen atoms in total. The number of carboxylic acids is 1. The van der Waals surface area contributed by atoms with Gasteiger partial charge in [-0.3, -0.25) is 4.79 Å². The zero-order valence-corrected chi connectivity index (χ0v) is 23.0. The van der Waals surface area contributed by atoms with Gasteiger partial charge in [0, 0.05) is 24.5 Å². The van der Waals surface area contributed by atoms with Gasteiger partial charge in [-0.15, -0.1) is 0 Å². The van der Waals surface area contributed by atoms with Gasteiger partial charge < -0.3 is 29.7 Å². The summed E-state index contributed by atoms with van der Waals surface area (Å²) < 4.78 is 17.0. The molecule has 1 aliphatic heterocycles. The van der Waals surface area contributed by atoms with Crippen molar-refractivity contribution in [2.75, 3.05) is 13.4 Å². The summed E-state index contributed by atoms with van der Waals surface area (Å²) in [6, 6.07) is 24.8. The Morgan fingerprint density at radius 3 is 2.43 bits per heavy atom. The van der Waals surface area contributed by atoms with Crippen LogP contribution in [-0.2, 0) is 16.0 Å². The number of phenols is 1. The fourth-order valence-electron chi connectivity index (χ4n) is 4.65. The molecule has 3 aromatic carbocycles. The Kier molecular flexibility index (Phi) is 9.18. The van der Waals surface area contributed by atoms with Crippen LogP contribution in [0.3, 0.4) is 0 Å². The van der Waals surface area contributed by atoms with E-state index >= 15 is 0 Å². The van der Waals surface area contributed by atoms with Crippen LogP contribution in [0.2, 0.25) is 0 Å². The van der Waals surface area contributed by atoms with Crippen LogP contribution in [0.5, 0.6) is 23.1 Å². The SMILES string of the molecule is O=C(CCCCCOc1cc(-c2ccc3c(c2)OCO3)cc(-c2ccccc2)n1)NC(Cc1ccc(O)cc1)C(=O)O. The third-order valence-electron chi connectivity index (χ3n) is 6.88. The van der Waals surface area contributed by atoms with Gasteiger partial charge in [0.2, 0.25) is 18.6 Å². The highest BCUT2D eigenvalue weighted by Crippen LogP contribution is 2.37. The number of nitrogens with one attached hydrogen (secondary N) is 1. The second kappa shape index (κ2) is 13.5. The first-order valence-electron chi connectivity index (χ1n) is 13.8. The third-order valence-corrected chi connectivity index (χ3v) is 6.88. The molecule has 0 spiro atoms. The number of carbonyl (C=O) groups is 2. The minimum absolute atomic E-state index is 0.100. The maximum Gasteiger partial charge on any atom is 0.326 e. The van der Waals surface area contributed by atoms with Crippen molar-refractivity contribution in [3.05, 3.63) is 90.5 Å². The van der Waals surface area contributed by atoms with E-state index < -0.39 is 12.0 Å². The minimum Gasteiger partial charge on any atom is -0.508 e. The van der Waals surface area contributed by atoms with Crippen molar-refractivity contribution in [1.29, 1.82) is 0 Å². The average molecular weight is 569 g/mol. The molecule has 0 fully saturated rings. The van der Waals surface area contributed by atoms with Crippen LogP contribution in [0.25, 0.3) is 22.4 Å². The number of hydrogen-bond donors (Lipinski definition) is 3. The Bertz CT molecular complexity index is 1520.